The second-order valence-electron chi connectivity index (χ2n) is 5.50. The van der Waals surface area contributed by atoms with E-state index in [1.807, 2.05) is 37.3 Å². The Morgan fingerprint density at radius 1 is 1.19 bits per heavy atom. The molecule has 1 atom stereocenters. The van der Waals surface area contributed by atoms with E-state index < -0.39 is 6.61 Å². The van der Waals surface area contributed by atoms with Crippen molar-refractivity contribution in [3.8, 4) is 11.5 Å². The molecule has 2 rings (SSSR count). The van der Waals surface area contributed by atoms with Crippen LogP contribution >= 0.6 is 0 Å². The molecule has 2 aromatic rings. The first-order valence-corrected chi connectivity index (χ1v) is 8.12. The van der Waals surface area contributed by atoms with Gasteiger partial charge in [-0.15, -0.1) is 0 Å². The summed E-state index contributed by atoms with van der Waals surface area (Å²) < 4.78 is 33.9. The van der Waals surface area contributed by atoms with Crippen LogP contribution in [0.2, 0.25) is 0 Å². The molecule has 0 aliphatic rings. The van der Waals surface area contributed by atoms with Gasteiger partial charge >= 0.3 is 6.61 Å². The van der Waals surface area contributed by atoms with Crippen molar-refractivity contribution in [2.24, 2.45) is 5.16 Å². The molecule has 0 saturated heterocycles. The Morgan fingerprint density at radius 2 is 1.93 bits per heavy atom. The van der Waals surface area contributed by atoms with Gasteiger partial charge in [0.25, 0.3) is 5.91 Å². The molecule has 0 saturated carbocycles. The van der Waals surface area contributed by atoms with Crippen molar-refractivity contribution in [3.63, 3.8) is 0 Å². The molecule has 0 fully saturated rings. The Hall–Kier alpha value is -3.16. The van der Waals surface area contributed by atoms with Gasteiger partial charge in [0.1, 0.15) is 0 Å². The van der Waals surface area contributed by atoms with E-state index >= 15 is 0 Å². The summed E-state index contributed by atoms with van der Waals surface area (Å²) in [6.45, 7) is -1.33. The molecule has 0 aromatic heterocycles. The second-order valence-corrected chi connectivity index (χ2v) is 5.50. The maximum Gasteiger partial charge on any atom is 0.387 e. The normalized spacial score (nSPS) is 12.0. The summed E-state index contributed by atoms with van der Waals surface area (Å²) in [5, 5.41) is 6.49. The van der Waals surface area contributed by atoms with Gasteiger partial charge < -0.3 is 19.6 Å². The summed E-state index contributed by atoms with van der Waals surface area (Å²) >= 11 is 0. The number of nitrogens with zero attached hydrogens (tertiary/aromatic N) is 1. The third-order valence-corrected chi connectivity index (χ3v) is 3.55. The molecule has 6 nitrogen and oxygen atoms in total. The summed E-state index contributed by atoms with van der Waals surface area (Å²) in [7, 11) is 1.34. The molecule has 8 heteroatoms. The average molecular weight is 378 g/mol. The number of benzene rings is 2. The third-order valence-electron chi connectivity index (χ3n) is 3.55. The molecular weight excluding hydrogens is 358 g/mol. The van der Waals surface area contributed by atoms with Gasteiger partial charge in [-0.1, -0.05) is 35.5 Å². The standard InChI is InChI=1S/C19H20F2N2O4/c1-13(15-6-4-3-5-7-15)23-18(24)12-26-22-11-14-8-9-16(27-19(20)21)17(10-14)25-2/h3-11,13,19H,12H2,1-2H3,(H,23,24)/b22-11-/t13-/m0/s1. The number of hydrogen-bond donors (Lipinski definition) is 1. The van der Waals surface area contributed by atoms with Crippen LogP contribution in [-0.4, -0.2) is 32.4 Å². The van der Waals surface area contributed by atoms with Gasteiger partial charge in [-0.2, -0.15) is 8.78 Å². The minimum atomic E-state index is -2.95. The third kappa shape index (κ3) is 6.58. The molecule has 27 heavy (non-hydrogen) atoms. The smallest absolute Gasteiger partial charge is 0.387 e. The van der Waals surface area contributed by atoms with E-state index in [1.165, 1.54) is 31.5 Å². The van der Waals surface area contributed by atoms with Gasteiger partial charge in [0.15, 0.2) is 18.1 Å². The predicted molar refractivity (Wildman–Crippen MR) is 96.2 cm³/mol. The first-order valence-electron chi connectivity index (χ1n) is 8.12. The zero-order chi connectivity index (χ0) is 19.6. The summed E-state index contributed by atoms with van der Waals surface area (Å²) in [6, 6.07) is 13.7. The van der Waals surface area contributed by atoms with Gasteiger partial charge in [-0.05, 0) is 30.7 Å². The lowest BCUT2D eigenvalue weighted by Gasteiger charge is -2.13. The summed E-state index contributed by atoms with van der Waals surface area (Å²) in [5.74, 6) is -0.268. The van der Waals surface area contributed by atoms with Gasteiger partial charge in [0.2, 0.25) is 0 Å². The zero-order valence-corrected chi connectivity index (χ0v) is 14.9. The number of amides is 1. The fraction of sp³-hybridized carbons (Fsp3) is 0.263. The van der Waals surface area contributed by atoms with Crippen LogP contribution in [0.25, 0.3) is 0 Å². The average Bonchev–Trinajstić information content (AvgIpc) is 2.66. The van der Waals surface area contributed by atoms with E-state index in [9.17, 15) is 13.6 Å². The fourth-order valence-corrected chi connectivity index (χ4v) is 2.26. The highest BCUT2D eigenvalue weighted by Crippen LogP contribution is 2.28. The van der Waals surface area contributed by atoms with E-state index in [1.54, 1.807) is 0 Å². The monoisotopic (exact) mass is 378 g/mol. The minimum absolute atomic E-state index is 0.0835. The van der Waals surface area contributed by atoms with Crippen molar-refractivity contribution >= 4 is 12.1 Å². The van der Waals surface area contributed by atoms with Gasteiger partial charge in [-0.25, -0.2) is 0 Å². The molecule has 0 unspecified atom stereocenters. The van der Waals surface area contributed by atoms with E-state index in [0.717, 1.165) is 5.56 Å². The Kier molecular flexibility index (Phi) is 7.54. The van der Waals surface area contributed by atoms with E-state index in [2.05, 4.69) is 15.2 Å². The van der Waals surface area contributed by atoms with E-state index in [4.69, 9.17) is 9.57 Å². The van der Waals surface area contributed by atoms with Crippen molar-refractivity contribution in [1.29, 1.82) is 0 Å². The van der Waals surface area contributed by atoms with Crippen molar-refractivity contribution in [2.45, 2.75) is 19.6 Å². The number of halogens is 2. The molecule has 0 aliphatic carbocycles. The highest BCUT2D eigenvalue weighted by molar-refractivity contribution is 5.81. The number of carbonyl (C=O) groups excluding carboxylic acids is 1. The van der Waals surface area contributed by atoms with Crippen LogP contribution in [0, 0.1) is 0 Å². The molecule has 144 valence electrons. The molecule has 1 N–H and O–H groups in total. The van der Waals surface area contributed by atoms with Crippen LogP contribution in [0.5, 0.6) is 11.5 Å². The Balaban J connectivity index is 1.84. The number of alkyl halides is 2. The van der Waals surface area contributed by atoms with Crippen LogP contribution in [0.15, 0.2) is 53.7 Å². The van der Waals surface area contributed by atoms with Crippen molar-refractivity contribution in [1.82, 2.24) is 5.32 Å². The first kappa shape index (κ1) is 20.2. The highest BCUT2D eigenvalue weighted by Gasteiger charge is 2.11. The number of hydrogen-bond acceptors (Lipinski definition) is 5. The van der Waals surface area contributed by atoms with Crippen molar-refractivity contribution in [2.75, 3.05) is 13.7 Å². The minimum Gasteiger partial charge on any atom is -0.493 e. The van der Waals surface area contributed by atoms with Gasteiger partial charge in [0.05, 0.1) is 19.4 Å². The molecule has 0 spiro atoms. The maximum atomic E-state index is 12.3. The number of carbonyl (C=O) groups is 1. The fourth-order valence-electron chi connectivity index (χ4n) is 2.26. The molecule has 0 radical (unpaired) electrons. The molecule has 0 bridgehead atoms. The molecule has 2 aromatic carbocycles. The topological polar surface area (TPSA) is 69.2 Å². The van der Waals surface area contributed by atoms with E-state index in [-0.39, 0.29) is 30.1 Å². The molecular formula is C19H20F2N2O4. The lowest BCUT2D eigenvalue weighted by atomic mass is 10.1. The predicted octanol–water partition coefficient (Wildman–Crippen LogP) is 3.52. The van der Waals surface area contributed by atoms with Crippen LogP contribution in [0.3, 0.4) is 0 Å². The number of rotatable bonds is 9. The first-order chi connectivity index (χ1) is 13.0. The number of oxime groups is 1. The van der Waals surface area contributed by atoms with E-state index in [0.29, 0.717) is 5.56 Å². The molecule has 1 amide bonds. The lowest BCUT2D eigenvalue weighted by molar-refractivity contribution is -0.126. The maximum absolute atomic E-state index is 12.3. The summed E-state index contributed by atoms with van der Waals surface area (Å²) in [4.78, 5) is 16.8. The number of nitrogens with one attached hydrogen (secondary N) is 1. The zero-order valence-electron chi connectivity index (χ0n) is 14.9. The van der Waals surface area contributed by atoms with Crippen molar-refractivity contribution in [3.05, 3.63) is 59.7 Å². The number of methoxy groups -OCH3 is 1. The van der Waals surface area contributed by atoms with Crippen LogP contribution in [0.4, 0.5) is 8.78 Å². The highest BCUT2D eigenvalue weighted by atomic mass is 19.3. The summed E-state index contributed by atoms with van der Waals surface area (Å²) in [5.41, 5.74) is 1.51. The quantitative estimate of drug-likeness (QED) is 0.535. The van der Waals surface area contributed by atoms with Gasteiger partial charge in [-0.3, -0.25) is 4.79 Å². The molecule has 0 heterocycles. The van der Waals surface area contributed by atoms with Crippen LogP contribution < -0.4 is 14.8 Å². The van der Waals surface area contributed by atoms with Crippen LogP contribution in [-0.2, 0) is 9.63 Å². The Bertz CT molecular complexity index is 770. The second kappa shape index (κ2) is 10.1. The SMILES string of the molecule is COc1cc(/C=N\OCC(=O)N[C@@H](C)c2ccccc2)ccc1OC(F)F. The summed E-state index contributed by atoms with van der Waals surface area (Å²) in [6.07, 6.45) is 1.34. The van der Waals surface area contributed by atoms with Crippen LogP contribution in [0.1, 0.15) is 24.1 Å². The lowest BCUT2D eigenvalue weighted by Crippen LogP contribution is -2.29. The Labute approximate surface area is 155 Å². The number of ether oxygens (including phenoxy) is 2. The van der Waals surface area contributed by atoms with Gasteiger partial charge in [0, 0.05) is 5.56 Å². The Morgan fingerprint density at radius 3 is 2.59 bits per heavy atom. The van der Waals surface area contributed by atoms with Crippen molar-refractivity contribution < 1.29 is 27.9 Å². The largest absolute Gasteiger partial charge is 0.493 e. The molecule has 0 aliphatic heterocycles.